The average molecular weight is 349 g/mol. The molecule has 0 amide bonds. The molecule has 1 rings (SSSR count). The Bertz CT molecular complexity index is 470. The van der Waals surface area contributed by atoms with Crippen molar-refractivity contribution in [2.75, 3.05) is 25.2 Å². The minimum absolute atomic E-state index is 0.0760. The van der Waals surface area contributed by atoms with Gasteiger partial charge in [0.1, 0.15) is 4.99 Å². The van der Waals surface area contributed by atoms with Gasteiger partial charge >= 0.3 is 0 Å². The molecule has 0 spiro atoms. The molecule has 106 valence electrons. The molecule has 0 radical (unpaired) electrons. The summed E-state index contributed by atoms with van der Waals surface area (Å²) in [6.07, 6.45) is 0. The molecule has 19 heavy (non-hydrogen) atoms. The number of nitrogens with zero attached hydrogens (tertiary/aromatic N) is 1. The number of thiocarbonyl (C=S) groups is 1. The van der Waals surface area contributed by atoms with Gasteiger partial charge in [-0.25, -0.2) is 4.39 Å². The Kier molecular flexibility index (Phi) is 6.16. The third kappa shape index (κ3) is 3.64. The summed E-state index contributed by atoms with van der Waals surface area (Å²) in [4.78, 5) is 2.11. The van der Waals surface area contributed by atoms with Crippen molar-refractivity contribution in [3.63, 3.8) is 0 Å². The van der Waals surface area contributed by atoms with E-state index >= 15 is 0 Å². The van der Waals surface area contributed by atoms with Crippen molar-refractivity contribution in [2.45, 2.75) is 19.9 Å². The molecule has 0 aliphatic carbocycles. The Balaban J connectivity index is 3.19. The SMILES string of the molecule is CCN(c1ccc(C(N)=S)c(Br)c1F)C(C)COC. The lowest BCUT2D eigenvalue weighted by Gasteiger charge is -2.30. The average Bonchev–Trinajstić information content (AvgIpc) is 2.35. The first-order valence-corrected chi connectivity index (χ1v) is 7.17. The summed E-state index contributed by atoms with van der Waals surface area (Å²) >= 11 is 8.10. The highest BCUT2D eigenvalue weighted by Crippen LogP contribution is 2.30. The van der Waals surface area contributed by atoms with Crippen molar-refractivity contribution in [2.24, 2.45) is 5.73 Å². The van der Waals surface area contributed by atoms with Crippen molar-refractivity contribution in [1.82, 2.24) is 0 Å². The van der Waals surface area contributed by atoms with Crippen LogP contribution in [-0.2, 0) is 4.74 Å². The second kappa shape index (κ2) is 7.17. The monoisotopic (exact) mass is 348 g/mol. The predicted octanol–water partition coefficient (Wildman–Crippen LogP) is 3.08. The highest BCUT2D eigenvalue weighted by atomic mass is 79.9. The molecule has 6 heteroatoms. The standard InChI is InChI=1S/C13H18BrFN2OS/c1-4-17(8(2)7-18-3)10-6-5-9(13(16)19)11(14)12(10)15/h5-6,8H,4,7H2,1-3H3,(H2,16,19). The van der Waals surface area contributed by atoms with E-state index in [1.807, 2.05) is 18.7 Å². The van der Waals surface area contributed by atoms with E-state index in [9.17, 15) is 4.39 Å². The van der Waals surface area contributed by atoms with Crippen LogP contribution in [0.25, 0.3) is 0 Å². The maximum Gasteiger partial charge on any atom is 0.161 e. The van der Waals surface area contributed by atoms with Crippen molar-refractivity contribution in [3.05, 3.63) is 28.0 Å². The highest BCUT2D eigenvalue weighted by Gasteiger charge is 2.20. The van der Waals surface area contributed by atoms with Gasteiger partial charge in [0.05, 0.1) is 16.8 Å². The fraction of sp³-hybridized carbons (Fsp3) is 0.462. The summed E-state index contributed by atoms with van der Waals surface area (Å²) in [5, 5.41) is 0. The smallest absolute Gasteiger partial charge is 0.161 e. The molecule has 0 fully saturated rings. The second-order valence-electron chi connectivity index (χ2n) is 4.21. The molecular weight excluding hydrogens is 331 g/mol. The maximum atomic E-state index is 14.4. The minimum atomic E-state index is -0.352. The first kappa shape index (κ1) is 16.3. The molecule has 0 heterocycles. The minimum Gasteiger partial charge on any atom is -0.389 e. The number of nitrogens with two attached hydrogens (primary N) is 1. The number of hydrogen-bond acceptors (Lipinski definition) is 3. The van der Waals surface area contributed by atoms with E-state index in [1.54, 1.807) is 19.2 Å². The number of anilines is 1. The Morgan fingerprint density at radius 3 is 2.68 bits per heavy atom. The van der Waals surface area contributed by atoms with Crippen LogP contribution < -0.4 is 10.6 Å². The molecule has 1 aromatic carbocycles. The zero-order valence-electron chi connectivity index (χ0n) is 11.2. The lowest BCUT2D eigenvalue weighted by molar-refractivity contribution is 0.181. The van der Waals surface area contributed by atoms with E-state index in [2.05, 4.69) is 15.9 Å². The van der Waals surface area contributed by atoms with Gasteiger partial charge in [-0.15, -0.1) is 0 Å². The Labute approximate surface area is 127 Å². The second-order valence-corrected chi connectivity index (χ2v) is 5.45. The van der Waals surface area contributed by atoms with Crippen LogP contribution in [0.3, 0.4) is 0 Å². The molecule has 0 saturated heterocycles. The van der Waals surface area contributed by atoms with Crippen LogP contribution >= 0.6 is 28.1 Å². The summed E-state index contributed by atoms with van der Waals surface area (Å²) in [6.45, 7) is 5.17. The lowest BCUT2D eigenvalue weighted by atomic mass is 10.1. The van der Waals surface area contributed by atoms with Crippen LogP contribution in [-0.4, -0.2) is 31.3 Å². The number of hydrogen-bond donors (Lipinski definition) is 1. The molecular formula is C13H18BrFN2OS. The maximum absolute atomic E-state index is 14.4. The summed E-state index contributed by atoms with van der Waals surface area (Å²) in [5.74, 6) is -0.352. The highest BCUT2D eigenvalue weighted by molar-refractivity contribution is 9.10. The largest absolute Gasteiger partial charge is 0.389 e. The number of halogens is 2. The lowest BCUT2D eigenvalue weighted by Crippen LogP contribution is -2.36. The molecule has 0 aliphatic heterocycles. The van der Waals surface area contributed by atoms with Crippen LogP contribution in [0.1, 0.15) is 19.4 Å². The fourth-order valence-corrected chi connectivity index (χ4v) is 2.85. The Morgan fingerprint density at radius 2 is 2.21 bits per heavy atom. The number of likely N-dealkylation sites (N-methyl/N-ethyl adjacent to an activating group) is 1. The van der Waals surface area contributed by atoms with E-state index < -0.39 is 0 Å². The van der Waals surface area contributed by atoms with Gasteiger partial charge in [-0.3, -0.25) is 0 Å². The van der Waals surface area contributed by atoms with Crippen LogP contribution in [0.15, 0.2) is 16.6 Å². The number of ether oxygens (including phenoxy) is 1. The Morgan fingerprint density at radius 1 is 1.58 bits per heavy atom. The van der Waals surface area contributed by atoms with Crippen LogP contribution in [0.2, 0.25) is 0 Å². The summed E-state index contributed by atoms with van der Waals surface area (Å²) in [5.41, 5.74) is 6.57. The normalized spacial score (nSPS) is 12.3. The van der Waals surface area contributed by atoms with Gasteiger partial charge in [-0.1, -0.05) is 12.2 Å². The van der Waals surface area contributed by atoms with Gasteiger partial charge in [0, 0.05) is 25.3 Å². The third-order valence-electron chi connectivity index (χ3n) is 2.92. The van der Waals surface area contributed by atoms with Crippen molar-refractivity contribution in [3.8, 4) is 0 Å². The zero-order valence-corrected chi connectivity index (χ0v) is 13.6. The van der Waals surface area contributed by atoms with E-state index in [1.165, 1.54) is 0 Å². The van der Waals surface area contributed by atoms with Gasteiger partial charge < -0.3 is 15.4 Å². The first-order chi connectivity index (χ1) is 8.93. The number of rotatable bonds is 6. The van der Waals surface area contributed by atoms with Gasteiger partial charge in [0.25, 0.3) is 0 Å². The van der Waals surface area contributed by atoms with E-state index in [4.69, 9.17) is 22.7 Å². The first-order valence-electron chi connectivity index (χ1n) is 5.97. The third-order valence-corrected chi connectivity index (χ3v) is 3.91. The van der Waals surface area contributed by atoms with Gasteiger partial charge in [0.2, 0.25) is 0 Å². The fourth-order valence-electron chi connectivity index (χ4n) is 2.00. The number of methoxy groups -OCH3 is 1. The molecule has 0 aliphatic rings. The molecule has 2 N–H and O–H groups in total. The zero-order chi connectivity index (χ0) is 14.6. The van der Waals surface area contributed by atoms with Gasteiger partial charge in [-0.2, -0.15) is 0 Å². The van der Waals surface area contributed by atoms with Crippen LogP contribution in [0, 0.1) is 5.82 Å². The topological polar surface area (TPSA) is 38.5 Å². The van der Waals surface area contributed by atoms with E-state index in [0.717, 1.165) is 0 Å². The van der Waals surface area contributed by atoms with Crippen LogP contribution in [0.4, 0.5) is 10.1 Å². The van der Waals surface area contributed by atoms with E-state index in [0.29, 0.717) is 28.9 Å². The summed E-state index contributed by atoms with van der Waals surface area (Å²) in [6, 6.07) is 3.50. The molecule has 1 atom stereocenters. The quantitative estimate of drug-likeness (QED) is 0.801. The van der Waals surface area contributed by atoms with Crippen LogP contribution in [0.5, 0.6) is 0 Å². The van der Waals surface area contributed by atoms with E-state index in [-0.39, 0.29) is 16.8 Å². The predicted molar refractivity (Wildman–Crippen MR) is 84.3 cm³/mol. The summed E-state index contributed by atoms with van der Waals surface area (Å²) in [7, 11) is 1.63. The molecule has 0 bridgehead atoms. The van der Waals surface area contributed by atoms with Crippen molar-refractivity contribution >= 4 is 38.8 Å². The molecule has 1 unspecified atom stereocenters. The van der Waals surface area contributed by atoms with Crippen molar-refractivity contribution in [1.29, 1.82) is 0 Å². The molecule has 3 nitrogen and oxygen atoms in total. The van der Waals surface area contributed by atoms with Gasteiger partial charge in [-0.05, 0) is 41.9 Å². The molecule has 0 aromatic heterocycles. The molecule has 1 aromatic rings. The Hall–Kier alpha value is -0.720. The summed E-state index contributed by atoms with van der Waals surface area (Å²) < 4.78 is 19.8. The van der Waals surface area contributed by atoms with Crippen molar-refractivity contribution < 1.29 is 9.13 Å². The van der Waals surface area contributed by atoms with Gasteiger partial charge in [0.15, 0.2) is 5.82 Å². The molecule has 0 saturated carbocycles. The number of benzene rings is 1.